The highest BCUT2D eigenvalue weighted by Crippen LogP contribution is 2.16. The number of nitrogen functional groups attached to an aromatic ring is 2. The van der Waals surface area contributed by atoms with Crippen LogP contribution in [0.25, 0.3) is 0 Å². The highest BCUT2D eigenvalue weighted by atomic mass is 16.3. The number of hydrogen-bond donors (Lipinski definition) is 3. The molecule has 0 aliphatic heterocycles. The molecule has 10 heavy (non-hydrogen) atoms. The summed E-state index contributed by atoms with van der Waals surface area (Å²) in [7, 11) is 1.67. The van der Waals surface area contributed by atoms with E-state index in [-0.39, 0.29) is 6.61 Å². The van der Waals surface area contributed by atoms with Crippen LogP contribution >= 0.6 is 0 Å². The number of hydrogen-bond acceptors (Lipinski definition) is 4. The van der Waals surface area contributed by atoms with E-state index in [0.29, 0.717) is 17.2 Å². The molecule has 5 heteroatoms. The van der Waals surface area contributed by atoms with Crippen LogP contribution in [0.2, 0.25) is 0 Å². The zero-order chi connectivity index (χ0) is 7.72. The first-order valence-electron chi connectivity index (χ1n) is 2.84. The molecule has 0 saturated heterocycles. The van der Waals surface area contributed by atoms with Gasteiger partial charge in [-0.25, -0.2) is 0 Å². The summed E-state index contributed by atoms with van der Waals surface area (Å²) < 4.78 is 1.43. The van der Waals surface area contributed by atoms with Gasteiger partial charge in [0.1, 0.15) is 5.82 Å². The summed E-state index contributed by atoms with van der Waals surface area (Å²) in [6.45, 7) is -0.161. The van der Waals surface area contributed by atoms with Gasteiger partial charge in [-0.15, -0.1) is 0 Å². The molecule has 0 spiro atoms. The van der Waals surface area contributed by atoms with Crippen molar-refractivity contribution in [1.29, 1.82) is 0 Å². The summed E-state index contributed by atoms with van der Waals surface area (Å²) >= 11 is 0. The van der Waals surface area contributed by atoms with Gasteiger partial charge in [-0.1, -0.05) is 0 Å². The fourth-order valence-electron chi connectivity index (χ4n) is 0.764. The molecule has 0 atom stereocenters. The van der Waals surface area contributed by atoms with Crippen LogP contribution in [0.3, 0.4) is 0 Å². The molecule has 0 aromatic carbocycles. The minimum Gasteiger partial charge on any atom is -0.391 e. The first-order chi connectivity index (χ1) is 4.66. The first-order valence-corrected chi connectivity index (χ1v) is 2.84. The first kappa shape index (κ1) is 6.88. The van der Waals surface area contributed by atoms with Crippen LogP contribution in [0, 0.1) is 0 Å². The maximum absolute atomic E-state index is 8.70. The zero-order valence-electron chi connectivity index (χ0n) is 5.70. The van der Waals surface area contributed by atoms with Crippen molar-refractivity contribution >= 4 is 11.6 Å². The average Bonchev–Trinajstić information content (AvgIpc) is 2.09. The Bertz CT molecular complexity index is 242. The van der Waals surface area contributed by atoms with E-state index in [1.807, 2.05) is 0 Å². The minimum atomic E-state index is -0.161. The number of anilines is 2. The second-order valence-corrected chi connectivity index (χ2v) is 2.03. The summed E-state index contributed by atoms with van der Waals surface area (Å²) in [6, 6.07) is 0. The third-order valence-corrected chi connectivity index (χ3v) is 1.38. The number of aliphatic hydroxyl groups excluding tert-OH is 1. The molecule has 56 valence electrons. The molecule has 1 aromatic heterocycles. The molecule has 0 aliphatic rings. The SMILES string of the molecule is Cn1nc(N)c(CO)c1N. The van der Waals surface area contributed by atoms with E-state index in [9.17, 15) is 0 Å². The van der Waals surface area contributed by atoms with E-state index in [0.717, 1.165) is 0 Å². The molecule has 0 unspecified atom stereocenters. The fraction of sp³-hybridized carbons (Fsp3) is 0.400. The second-order valence-electron chi connectivity index (χ2n) is 2.03. The van der Waals surface area contributed by atoms with Gasteiger partial charge in [0.05, 0.1) is 12.2 Å². The van der Waals surface area contributed by atoms with Crippen molar-refractivity contribution < 1.29 is 5.11 Å². The van der Waals surface area contributed by atoms with Crippen LogP contribution in [-0.4, -0.2) is 14.9 Å². The molecule has 5 nitrogen and oxygen atoms in total. The quantitative estimate of drug-likeness (QED) is 0.473. The molecule has 0 fully saturated rings. The largest absolute Gasteiger partial charge is 0.391 e. The van der Waals surface area contributed by atoms with Crippen molar-refractivity contribution in [3.8, 4) is 0 Å². The van der Waals surface area contributed by atoms with Crippen molar-refractivity contribution in [2.24, 2.45) is 7.05 Å². The van der Waals surface area contributed by atoms with Gasteiger partial charge in [0.25, 0.3) is 0 Å². The van der Waals surface area contributed by atoms with E-state index in [2.05, 4.69) is 5.10 Å². The van der Waals surface area contributed by atoms with Crippen molar-refractivity contribution in [1.82, 2.24) is 9.78 Å². The number of nitrogens with two attached hydrogens (primary N) is 2. The molecule has 0 amide bonds. The number of aliphatic hydroxyl groups is 1. The summed E-state index contributed by atoms with van der Waals surface area (Å²) in [5.41, 5.74) is 11.4. The Morgan fingerprint density at radius 3 is 2.40 bits per heavy atom. The lowest BCUT2D eigenvalue weighted by atomic mass is 10.3. The number of nitrogens with zero attached hydrogens (tertiary/aromatic N) is 2. The van der Waals surface area contributed by atoms with Crippen LogP contribution < -0.4 is 11.5 Å². The van der Waals surface area contributed by atoms with E-state index in [1.165, 1.54) is 4.68 Å². The topological polar surface area (TPSA) is 90.1 Å². The lowest BCUT2D eigenvalue weighted by molar-refractivity contribution is 0.283. The molecule has 0 saturated carbocycles. The molecular weight excluding hydrogens is 132 g/mol. The Labute approximate surface area is 58.2 Å². The Kier molecular flexibility index (Phi) is 1.50. The molecule has 1 aromatic rings. The third kappa shape index (κ3) is 0.801. The van der Waals surface area contributed by atoms with Crippen molar-refractivity contribution in [2.75, 3.05) is 11.5 Å². The van der Waals surface area contributed by atoms with Crippen molar-refractivity contribution in [2.45, 2.75) is 6.61 Å². The minimum absolute atomic E-state index is 0.161. The van der Waals surface area contributed by atoms with Gasteiger partial charge < -0.3 is 16.6 Å². The Morgan fingerprint density at radius 1 is 1.60 bits per heavy atom. The predicted octanol–water partition coefficient (Wildman–Crippen LogP) is -0.923. The van der Waals surface area contributed by atoms with Crippen molar-refractivity contribution in [3.05, 3.63) is 5.56 Å². The Hall–Kier alpha value is -1.23. The second kappa shape index (κ2) is 2.18. The molecule has 5 N–H and O–H groups in total. The number of rotatable bonds is 1. The summed E-state index contributed by atoms with van der Waals surface area (Å²) in [5, 5.41) is 12.5. The van der Waals surface area contributed by atoms with E-state index in [4.69, 9.17) is 16.6 Å². The van der Waals surface area contributed by atoms with Gasteiger partial charge in [0.15, 0.2) is 5.82 Å². The van der Waals surface area contributed by atoms with Crippen molar-refractivity contribution in [3.63, 3.8) is 0 Å². The smallest absolute Gasteiger partial charge is 0.153 e. The lowest BCUT2D eigenvalue weighted by Crippen LogP contribution is -1.99. The van der Waals surface area contributed by atoms with Crippen LogP contribution in [0.4, 0.5) is 11.6 Å². The summed E-state index contributed by atoms with van der Waals surface area (Å²) in [4.78, 5) is 0. The maximum Gasteiger partial charge on any atom is 0.153 e. The highest BCUT2D eigenvalue weighted by Gasteiger charge is 2.08. The Morgan fingerprint density at radius 2 is 2.20 bits per heavy atom. The van der Waals surface area contributed by atoms with Gasteiger partial charge in [-0.3, -0.25) is 4.68 Å². The molecule has 1 heterocycles. The van der Waals surface area contributed by atoms with Crippen LogP contribution in [-0.2, 0) is 13.7 Å². The molecule has 0 radical (unpaired) electrons. The summed E-state index contributed by atoms with van der Waals surface area (Å²) in [6.07, 6.45) is 0. The van der Waals surface area contributed by atoms with Crippen LogP contribution in [0.5, 0.6) is 0 Å². The summed E-state index contributed by atoms with van der Waals surface area (Å²) in [5.74, 6) is 0.711. The monoisotopic (exact) mass is 142 g/mol. The van der Waals surface area contributed by atoms with E-state index in [1.54, 1.807) is 7.05 Å². The van der Waals surface area contributed by atoms with Gasteiger partial charge in [-0.2, -0.15) is 5.10 Å². The third-order valence-electron chi connectivity index (χ3n) is 1.38. The number of aromatic nitrogens is 2. The average molecular weight is 142 g/mol. The molecule has 1 rings (SSSR count). The standard InChI is InChI=1S/C5H10N4O/c1-9-5(7)3(2-10)4(6)8-9/h10H,2,7H2,1H3,(H2,6,8). The fourth-order valence-corrected chi connectivity index (χ4v) is 0.764. The lowest BCUT2D eigenvalue weighted by Gasteiger charge is -1.93. The van der Waals surface area contributed by atoms with E-state index < -0.39 is 0 Å². The normalized spacial score (nSPS) is 10.2. The molecule has 0 aliphatic carbocycles. The Balaban J connectivity index is 3.20. The number of aryl methyl sites for hydroxylation is 1. The van der Waals surface area contributed by atoms with E-state index >= 15 is 0 Å². The van der Waals surface area contributed by atoms with Gasteiger partial charge in [0, 0.05) is 7.05 Å². The zero-order valence-corrected chi connectivity index (χ0v) is 5.70. The van der Waals surface area contributed by atoms with Crippen LogP contribution in [0.15, 0.2) is 0 Å². The molecule has 0 bridgehead atoms. The molecular formula is C5H10N4O. The predicted molar refractivity (Wildman–Crippen MR) is 38.0 cm³/mol. The maximum atomic E-state index is 8.70. The van der Waals surface area contributed by atoms with Gasteiger partial charge in [0.2, 0.25) is 0 Å². The highest BCUT2D eigenvalue weighted by molar-refractivity contribution is 5.53. The van der Waals surface area contributed by atoms with Gasteiger partial charge >= 0.3 is 0 Å². The van der Waals surface area contributed by atoms with Gasteiger partial charge in [-0.05, 0) is 0 Å². The van der Waals surface area contributed by atoms with Crippen LogP contribution in [0.1, 0.15) is 5.56 Å².